The number of hydrogen-bond donors (Lipinski definition) is 2. The first-order valence-electron chi connectivity index (χ1n) is 4.79. The van der Waals surface area contributed by atoms with Crippen molar-refractivity contribution in [3.05, 3.63) is 29.8 Å². The maximum atomic E-state index is 11.8. The highest BCUT2D eigenvalue weighted by Gasteiger charge is 2.22. The Morgan fingerprint density at radius 1 is 1.44 bits per heavy atom. The van der Waals surface area contributed by atoms with Crippen molar-refractivity contribution in [2.75, 3.05) is 12.8 Å². The molecule has 0 saturated carbocycles. The zero-order chi connectivity index (χ0) is 12.3. The largest absolute Gasteiger partial charge is 0.480 e. The summed E-state index contributed by atoms with van der Waals surface area (Å²) in [6.45, 7) is 1.45. The van der Waals surface area contributed by atoms with Crippen molar-refractivity contribution < 1.29 is 14.7 Å². The Morgan fingerprint density at radius 2 is 2.06 bits per heavy atom. The molecule has 0 aliphatic heterocycles. The van der Waals surface area contributed by atoms with Gasteiger partial charge in [0.2, 0.25) is 0 Å². The molecule has 0 aromatic heterocycles. The Balaban J connectivity index is 2.90. The molecule has 1 unspecified atom stereocenters. The molecule has 1 atom stereocenters. The van der Waals surface area contributed by atoms with Crippen LogP contribution in [0.15, 0.2) is 24.3 Å². The summed E-state index contributed by atoms with van der Waals surface area (Å²) in [6, 6.07) is 5.57. The Labute approximate surface area is 93.5 Å². The average Bonchev–Trinajstić information content (AvgIpc) is 2.26. The highest BCUT2D eigenvalue weighted by atomic mass is 16.4. The lowest BCUT2D eigenvalue weighted by atomic mass is 10.1. The van der Waals surface area contributed by atoms with E-state index in [0.29, 0.717) is 11.3 Å². The van der Waals surface area contributed by atoms with Crippen LogP contribution in [0.1, 0.15) is 17.3 Å². The SMILES string of the molecule is CC(C(=O)O)N(C)C(=O)c1cccc(N)c1. The van der Waals surface area contributed by atoms with Gasteiger partial charge in [0.1, 0.15) is 6.04 Å². The van der Waals surface area contributed by atoms with E-state index >= 15 is 0 Å². The molecule has 5 heteroatoms. The summed E-state index contributed by atoms with van der Waals surface area (Å²) >= 11 is 0. The minimum Gasteiger partial charge on any atom is -0.480 e. The van der Waals surface area contributed by atoms with Gasteiger partial charge in [0.15, 0.2) is 0 Å². The summed E-state index contributed by atoms with van der Waals surface area (Å²) in [5.74, 6) is -1.40. The minimum absolute atomic E-state index is 0.359. The van der Waals surface area contributed by atoms with E-state index in [1.807, 2.05) is 0 Å². The van der Waals surface area contributed by atoms with Crippen LogP contribution in [0.5, 0.6) is 0 Å². The number of carboxylic acids is 1. The summed E-state index contributed by atoms with van der Waals surface area (Å²) < 4.78 is 0. The minimum atomic E-state index is -1.04. The number of nitrogens with zero attached hydrogens (tertiary/aromatic N) is 1. The lowest BCUT2D eigenvalue weighted by Gasteiger charge is -2.21. The van der Waals surface area contributed by atoms with Gasteiger partial charge >= 0.3 is 5.97 Å². The van der Waals surface area contributed by atoms with Crippen molar-refractivity contribution in [3.8, 4) is 0 Å². The second-order valence-electron chi connectivity index (χ2n) is 3.56. The van der Waals surface area contributed by atoms with Gasteiger partial charge in [0, 0.05) is 18.3 Å². The zero-order valence-electron chi connectivity index (χ0n) is 9.18. The molecule has 0 aliphatic rings. The smallest absolute Gasteiger partial charge is 0.326 e. The third kappa shape index (κ3) is 2.50. The van der Waals surface area contributed by atoms with E-state index in [0.717, 1.165) is 4.90 Å². The quantitative estimate of drug-likeness (QED) is 0.741. The molecule has 0 heterocycles. The van der Waals surface area contributed by atoms with Crippen LogP contribution in [0.25, 0.3) is 0 Å². The van der Waals surface area contributed by atoms with Gasteiger partial charge in [-0.2, -0.15) is 0 Å². The first-order valence-corrected chi connectivity index (χ1v) is 4.79. The number of hydrogen-bond acceptors (Lipinski definition) is 3. The van der Waals surface area contributed by atoms with Gasteiger partial charge in [0.05, 0.1) is 0 Å². The number of nitrogen functional groups attached to an aromatic ring is 1. The molecular formula is C11H14N2O3. The first kappa shape index (κ1) is 12.0. The lowest BCUT2D eigenvalue weighted by molar-refractivity contribution is -0.141. The molecule has 3 N–H and O–H groups in total. The van der Waals surface area contributed by atoms with E-state index < -0.39 is 12.0 Å². The van der Waals surface area contributed by atoms with Gasteiger partial charge in [-0.25, -0.2) is 4.79 Å². The molecule has 1 rings (SSSR count). The number of nitrogens with two attached hydrogens (primary N) is 1. The number of carboxylic acid groups (broad SMARTS) is 1. The number of likely N-dealkylation sites (N-methyl/N-ethyl adjacent to an activating group) is 1. The van der Waals surface area contributed by atoms with Gasteiger partial charge in [-0.1, -0.05) is 6.07 Å². The van der Waals surface area contributed by atoms with E-state index in [1.54, 1.807) is 18.2 Å². The summed E-state index contributed by atoms with van der Waals surface area (Å²) in [4.78, 5) is 23.7. The fourth-order valence-electron chi connectivity index (χ4n) is 1.22. The molecule has 0 spiro atoms. The van der Waals surface area contributed by atoms with Crippen LogP contribution < -0.4 is 5.73 Å². The maximum absolute atomic E-state index is 11.8. The Hall–Kier alpha value is -2.04. The lowest BCUT2D eigenvalue weighted by Crippen LogP contribution is -2.40. The predicted octanol–water partition coefficient (Wildman–Crippen LogP) is 0.814. The number of amides is 1. The topological polar surface area (TPSA) is 83.6 Å². The molecule has 0 fully saturated rings. The van der Waals surface area contributed by atoms with Gasteiger partial charge in [-0.15, -0.1) is 0 Å². The monoisotopic (exact) mass is 222 g/mol. The number of benzene rings is 1. The van der Waals surface area contributed by atoms with Crippen LogP contribution in [-0.4, -0.2) is 35.0 Å². The van der Waals surface area contributed by atoms with Crippen molar-refractivity contribution in [2.24, 2.45) is 0 Å². The summed E-state index contributed by atoms with van der Waals surface area (Å²) in [6.07, 6.45) is 0. The van der Waals surface area contributed by atoms with E-state index in [-0.39, 0.29) is 5.91 Å². The normalized spacial score (nSPS) is 11.9. The molecule has 0 saturated heterocycles. The van der Waals surface area contributed by atoms with Crippen LogP contribution in [0, 0.1) is 0 Å². The highest BCUT2D eigenvalue weighted by molar-refractivity contribution is 5.97. The zero-order valence-corrected chi connectivity index (χ0v) is 9.18. The van der Waals surface area contributed by atoms with Crippen molar-refractivity contribution in [1.82, 2.24) is 4.90 Å². The predicted molar refractivity (Wildman–Crippen MR) is 60.0 cm³/mol. The maximum Gasteiger partial charge on any atom is 0.326 e. The number of aliphatic carboxylic acids is 1. The average molecular weight is 222 g/mol. The van der Waals surface area contributed by atoms with Gasteiger partial charge in [-0.3, -0.25) is 4.79 Å². The standard InChI is InChI=1S/C11H14N2O3/c1-7(11(15)16)13(2)10(14)8-4-3-5-9(12)6-8/h3-7H,12H2,1-2H3,(H,15,16). The summed E-state index contributed by atoms with van der Waals surface area (Å²) in [5, 5.41) is 8.78. The van der Waals surface area contributed by atoms with Crippen molar-refractivity contribution in [1.29, 1.82) is 0 Å². The molecule has 16 heavy (non-hydrogen) atoms. The first-order chi connectivity index (χ1) is 7.43. The van der Waals surface area contributed by atoms with Gasteiger partial charge in [-0.05, 0) is 25.1 Å². The fraction of sp³-hybridized carbons (Fsp3) is 0.273. The Bertz CT molecular complexity index is 417. The molecule has 0 radical (unpaired) electrons. The van der Waals surface area contributed by atoms with Crippen molar-refractivity contribution >= 4 is 17.6 Å². The number of carbonyl (C=O) groups excluding carboxylic acids is 1. The molecule has 1 aromatic rings. The summed E-state index contributed by atoms with van der Waals surface area (Å²) in [7, 11) is 1.45. The third-order valence-electron chi connectivity index (χ3n) is 2.39. The van der Waals surface area contributed by atoms with Crippen LogP contribution in [0.3, 0.4) is 0 Å². The van der Waals surface area contributed by atoms with Gasteiger partial charge < -0.3 is 15.7 Å². The fourth-order valence-corrected chi connectivity index (χ4v) is 1.22. The second kappa shape index (κ2) is 4.65. The van der Waals surface area contributed by atoms with Gasteiger partial charge in [0.25, 0.3) is 5.91 Å². The Morgan fingerprint density at radius 3 is 2.56 bits per heavy atom. The number of anilines is 1. The highest BCUT2D eigenvalue weighted by Crippen LogP contribution is 2.10. The molecule has 5 nitrogen and oxygen atoms in total. The van der Waals surface area contributed by atoms with Crippen molar-refractivity contribution in [2.45, 2.75) is 13.0 Å². The molecule has 1 amide bonds. The van der Waals surface area contributed by atoms with E-state index in [2.05, 4.69) is 0 Å². The van der Waals surface area contributed by atoms with Crippen molar-refractivity contribution in [3.63, 3.8) is 0 Å². The summed E-state index contributed by atoms with van der Waals surface area (Å²) in [5.41, 5.74) is 6.40. The molecule has 86 valence electrons. The van der Waals surface area contributed by atoms with E-state index in [9.17, 15) is 9.59 Å². The number of carbonyl (C=O) groups is 2. The molecular weight excluding hydrogens is 208 g/mol. The molecule has 0 bridgehead atoms. The second-order valence-corrected chi connectivity index (χ2v) is 3.56. The van der Waals surface area contributed by atoms with Crippen LogP contribution in [0.4, 0.5) is 5.69 Å². The Kier molecular flexibility index (Phi) is 3.50. The van der Waals surface area contributed by atoms with Crippen LogP contribution in [-0.2, 0) is 4.79 Å². The van der Waals surface area contributed by atoms with E-state index in [1.165, 1.54) is 20.0 Å². The van der Waals surface area contributed by atoms with E-state index in [4.69, 9.17) is 10.8 Å². The molecule has 0 aliphatic carbocycles. The molecule has 1 aromatic carbocycles. The number of rotatable bonds is 3. The van der Waals surface area contributed by atoms with Crippen LogP contribution >= 0.6 is 0 Å². The third-order valence-corrected chi connectivity index (χ3v) is 2.39. The van der Waals surface area contributed by atoms with Crippen LogP contribution in [0.2, 0.25) is 0 Å².